The Labute approximate surface area is 216 Å². The predicted octanol–water partition coefficient (Wildman–Crippen LogP) is 5.41. The van der Waals surface area contributed by atoms with E-state index in [-0.39, 0.29) is 17.1 Å². The summed E-state index contributed by atoms with van der Waals surface area (Å²) in [5.41, 5.74) is 2.04. The van der Waals surface area contributed by atoms with Crippen LogP contribution in [0, 0.1) is 0 Å². The van der Waals surface area contributed by atoms with Gasteiger partial charge in [-0.15, -0.1) is 6.58 Å². The highest BCUT2D eigenvalue weighted by atomic mass is 28.4. The molecular weight excluding hydrogens is 464 g/mol. The molecule has 3 atom stereocenters. The van der Waals surface area contributed by atoms with Crippen molar-refractivity contribution in [2.75, 3.05) is 0 Å². The summed E-state index contributed by atoms with van der Waals surface area (Å²) in [5.74, 6) is -0.331. The van der Waals surface area contributed by atoms with Crippen LogP contribution in [-0.4, -0.2) is 32.6 Å². The van der Waals surface area contributed by atoms with Crippen molar-refractivity contribution < 1.29 is 18.7 Å². The lowest BCUT2D eigenvalue weighted by atomic mass is 9.97. The smallest absolute Gasteiger partial charge is 0.338 e. The summed E-state index contributed by atoms with van der Waals surface area (Å²) in [6.45, 7) is 13.1. The zero-order chi connectivity index (χ0) is 25.8. The number of cyclic esters (lactones) is 1. The highest BCUT2D eigenvalue weighted by molar-refractivity contribution is 6.99. The molecule has 188 valence electrons. The van der Waals surface area contributed by atoms with Crippen molar-refractivity contribution in [2.45, 2.75) is 64.1 Å². The zero-order valence-corrected chi connectivity index (χ0v) is 22.6. The van der Waals surface area contributed by atoms with Gasteiger partial charge in [0.2, 0.25) is 0 Å². The molecule has 0 spiro atoms. The van der Waals surface area contributed by atoms with Gasteiger partial charge in [-0.05, 0) is 34.3 Å². The van der Waals surface area contributed by atoms with Gasteiger partial charge in [0.25, 0.3) is 8.32 Å². The van der Waals surface area contributed by atoms with Gasteiger partial charge in [-0.25, -0.2) is 4.79 Å². The summed E-state index contributed by atoms with van der Waals surface area (Å²) in [5, 5.41) is 2.01. The van der Waals surface area contributed by atoms with E-state index in [0.717, 1.165) is 21.5 Å². The Balaban J connectivity index is 1.70. The number of carbonyl (C=O) groups excluding carboxylic acids is 1. The molecular formula is C31H36O4Si. The maximum atomic E-state index is 13.0. The van der Waals surface area contributed by atoms with Crippen molar-refractivity contribution in [3.63, 3.8) is 0 Å². The molecule has 0 aromatic heterocycles. The van der Waals surface area contributed by atoms with Gasteiger partial charge in [0.1, 0.15) is 6.10 Å². The average Bonchev–Trinajstić information content (AvgIpc) is 2.86. The Kier molecular flexibility index (Phi) is 7.93. The van der Waals surface area contributed by atoms with Crippen molar-refractivity contribution >= 4 is 24.7 Å². The molecule has 4 nitrogen and oxygen atoms in total. The molecule has 1 aliphatic rings. The largest absolute Gasteiger partial charge is 0.454 e. The Morgan fingerprint density at radius 1 is 0.917 bits per heavy atom. The van der Waals surface area contributed by atoms with E-state index >= 15 is 0 Å². The van der Waals surface area contributed by atoms with Crippen LogP contribution in [0.25, 0.3) is 0 Å². The number of hydrogen-bond acceptors (Lipinski definition) is 4. The standard InChI is InChI=1S/C31H36O4Si/c1-23(2)21-27(33-22-24-15-9-6-10-16-24)28-29(30(32)34-28)35-36(31(3,4)5,25-17-11-7-12-18-25)26-19-13-8-14-20-26/h6-20,27-29H,1,21-22H2,2-5H3/t27-,28-,29-/m0/s1. The van der Waals surface area contributed by atoms with E-state index in [1.807, 2.05) is 73.7 Å². The van der Waals surface area contributed by atoms with Crippen molar-refractivity contribution in [2.24, 2.45) is 0 Å². The first-order valence-corrected chi connectivity index (χ1v) is 14.4. The molecule has 36 heavy (non-hydrogen) atoms. The number of ether oxygens (including phenoxy) is 2. The Morgan fingerprint density at radius 2 is 1.42 bits per heavy atom. The van der Waals surface area contributed by atoms with Crippen LogP contribution in [-0.2, 0) is 25.3 Å². The van der Waals surface area contributed by atoms with Gasteiger partial charge in [-0.2, -0.15) is 0 Å². The van der Waals surface area contributed by atoms with Crippen LogP contribution in [0.3, 0.4) is 0 Å². The molecule has 0 aliphatic carbocycles. The first-order valence-electron chi connectivity index (χ1n) is 12.5. The lowest BCUT2D eigenvalue weighted by Crippen LogP contribution is -2.72. The minimum atomic E-state index is -2.92. The third-order valence-corrected chi connectivity index (χ3v) is 11.7. The summed E-state index contributed by atoms with van der Waals surface area (Å²) >= 11 is 0. The lowest BCUT2D eigenvalue weighted by molar-refractivity contribution is -0.214. The van der Waals surface area contributed by atoms with E-state index in [1.165, 1.54) is 0 Å². The highest BCUT2D eigenvalue weighted by Gasteiger charge is 2.58. The van der Waals surface area contributed by atoms with E-state index in [9.17, 15) is 4.79 Å². The third-order valence-electron chi connectivity index (χ3n) is 6.73. The average molecular weight is 501 g/mol. The first kappa shape index (κ1) is 26.1. The maximum Gasteiger partial charge on any atom is 0.338 e. The van der Waals surface area contributed by atoms with Gasteiger partial charge in [0, 0.05) is 0 Å². The molecule has 0 bridgehead atoms. The normalized spacial score (nSPS) is 18.7. The van der Waals surface area contributed by atoms with Gasteiger partial charge in [-0.1, -0.05) is 117 Å². The van der Waals surface area contributed by atoms with E-state index < -0.39 is 20.5 Å². The van der Waals surface area contributed by atoms with Crippen LogP contribution in [0.4, 0.5) is 0 Å². The minimum Gasteiger partial charge on any atom is -0.454 e. The molecule has 1 heterocycles. The summed E-state index contributed by atoms with van der Waals surface area (Å²) in [6.07, 6.45) is -0.967. The van der Waals surface area contributed by atoms with Crippen LogP contribution in [0.15, 0.2) is 103 Å². The topological polar surface area (TPSA) is 44.8 Å². The summed E-state index contributed by atoms with van der Waals surface area (Å²) < 4.78 is 19.2. The number of rotatable bonds is 10. The second kappa shape index (κ2) is 11.0. The van der Waals surface area contributed by atoms with Gasteiger partial charge < -0.3 is 13.9 Å². The van der Waals surface area contributed by atoms with Gasteiger partial charge in [-0.3, -0.25) is 0 Å². The molecule has 1 aliphatic heterocycles. The van der Waals surface area contributed by atoms with Gasteiger partial charge in [0.05, 0.1) is 6.61 Å². The summed E-state index contributed by atoms with van der Waals surface area (Å²) in [7, 11) is -2.92. The van der Waals surface area contributed by atoms with Crippen molar-refractivity contribution in [1.29, 1.82) is 0 Å². The van der Waals surface area contributed by atoms with Crippen molar-refractivity contribution in [3.8, 4) is 0 Å². The van der Waals surface area contributed by atoms with E-state index in [2.05, 4.69) is 51.6 Å². The molecule has 5 heteroatoms. The van der Waals surface area contributed by atoms with Gasteiger partial charge in [0.15, 0.2) is 12.2 Å². The third kappa shape index (κ3) is 5.38. The maximum absolute atomic E-state index is 13.0. The van der Waals surface area contributed by atoms with Crippen LogP contribution in [0.1, 0.15) is 39.7 Å². The Hall–Kier alpha value is -2.99. The summed E-state index contributed by atoms with van der Waals surface area (Å²) in [6, 6.07) is 30.7. The van der Waals surface area contributed by atoms with Crippen molar-refractivity contribution in [3.05, 3.63) is 109 Å². The molecule has 3 aromatic carbocycles. The van der Waals surface area contributed by atoms with Crippen molar-refractivity contribution in [1.82, 2.24) is 0 Å². The molecule has 0 amide bonds. The fraction of sp³-hybridized carbons (Fsp3) is 0.323. The molecule has 0 saturated carbocycles. The van der Waals surface area contributed by atoms with Crippen LogP contribution >= 0.6 is 0 Å². The number of carbonyl (C=O) groups is 1. The number of esters is 1. The summed E-state index contributed by atoms with van der Waals surface area (Å²) in [4.78, 5) is 13.0. The number of benzene rings is 3. The highest BCUT2D eigenvalue weighted by Crippen LogP contribution is 2.40. The number of hydrogen-bond donors (Lipinski definition) is 0. The first-order chi connectivity index (χ1) is 17.2. The quantitative estimate of drug-likeness (QED) is 0.212. The molecule has 1 fully saturated rings. The monoisotopic (exact) mass is 500 g/mol. The van der Waals surface area contributed by atoms with E-state index in [4.69, 9.17) is 13.9 Å². The SMILES string of the molecule is C=C(C)C[C@H](OCc1ccccc1)[C@@H]1OC(=O)[C@H]1O[Si](c1ccccc1)(c1ccccc1)C(C)(C)C. The fourth-order valence-corrected chi connectivity index (χ4v) is 9.61. The second-order valence-electron chi connectivity index (χ2n) is 10.6. The minimum absolute atomic E-state index is 0.245. The Morgan fingerprint density at radius 3 is 1.86 bits per heavy atom. The Bertz CT molecular complexity index is 1120. The zero-order valence-electron chi connectivity index (χ0n) is 21.6. The molecule has 0 radical (unpaired) electrons. The fourth-order valence-electron chi connectivity index (χ4n) is 4.98. The van der Waals surface area contributed by atoms with Crippen LogP contribution in [0.2, 0.25) is 5.04 Å². The molecule has 4 rings (SSSR count). The molecule has 0 N–H and O–H groups in total. The lowest BCUT2D eigenvalue weighted by Gasteiger charge is -2.49. The van der Waals surface area contributed by atoms with Gasteiger partial charge >= 0.3 is 5.97 Å². The molecule has 3 aromatic rings. The predicted molar refractivity (Wildman–Crippen MR) is 147 cm³/mol. The van der Waals surface area contributed by atoms with Crippen LogP contribution in [0.5, 0.6) is 0 Å². The van der Waals surface area contributed by atoms with Crippen LogP contribution < -0.4 is 10.4 Å². The van der Waals surface area contributed by atoms with E-state index in [0.29, 0.717) is 13.0 Å². The second-order valence-corrected chi connectivity index (χ2v) is 14.9. The van der Waals surface area contributed by atoms with E-state index in [1.54, 1.807) is 0 Å². The molecule has 0 unspecified atom stereocenters. The molecule has 1 saturated heterocycles.